The van der Waals surface area contributed by atoms with Crippen LogP contribution in [0.4, 0.5) is 5.69 Å². The zero-order valence-electron chi connectivity index (χ0n) is 13.4. The van der Waals surface area contributed by atoms with Crippen molar-refractivity contribution < 1.29 is 4.79 Å². The topological polar surface area (TPSA) is 41.1 Å². The van der Waals surface area contributed by atoms with Crippen molar-refractivity contribution in [2.75, 3.05) is 5.32 Å². The number of carbonyl (C=O) groups excluding carboxylic acids is 1. The van der Waals surface area contributed by atoms with Crippen LogP contribution in [-0.4, -0.2) is 11.9 Å². The van der Waals surface area contributed by atoms with Crippen LogP contribution in [0.5, 0.6) is 0 Å². The molecule has 1 fully saturated rings. The van der Waals surface area contributed by atoms with Gasteiger partial charge >= 0.3 is 0 Å². The SMILES string of the molecule is Cc1cc(C)cc(CNc2ccc(C(=O)NC3CC3)c(Cl)c2)c1. The van der Waals surface area contributed by atoms with E-state index >= 15 is 0 Å². The van der Waals surface area contributed by atoms with Crippen LogP contribution in [0.3, 0.4) is 0 Å². The van der Waals surface area contributed by atoms with Gasteiger partial charge in [-0.05, 0) is 50.5 Å². The van der Waals surface area contributed by atoms with E-state index in [9.17, 15) is 4.79 Å². The lowest BCUT2D eigenvalue weighted by molar-refractivity contribution is 0.0951. The molecule has 1 aliphatic rings. The van der Waals surface area contributed by atoms with E-state index in [0.717, 1.165) is 25.1 Å². The van der Waals surface area contributed by atoms with Crippen LogP contribution in [0, 0.1) is 13.8 Å². The molecule has 0 heterocycles. The van der Waals surface area contributed by atoms with Gasteiger partial charge in [-0.1, -0.05) is 40.9 Å². The van der Waals surface area contributed by atoms with Crippen LogP contribution in [-0.2, 0) is 6.54 Å². The highest BCUT2D eigenvalue weighted by molar-refractivity contribution is 6.34. The molecule has 0 aromatic heterocycles. The van der Waals surface area contributed by atoms with Gasteiger partial charge in [0.2, 0.25) is 0 Å². The highest BCUT2D eigenvalue weighted by Crippen LogP contribution is 2.24. The number of hydrogen-bond acceptors (Lipinski definition) is 2. The van der Waals surface area contributed by atoms with E-state index in [0.29, 0.717) is 16.6 Å². The third-order valence-corrected chi connectivity index (χ3v) is 4.22. The van der Waals surface area contributed by atoms with Crippen molar-refractivity contribution in [3.63, 3.8) is 0 Å². The van der Waals surface area contributed by atoms with Gasteiger partial charge in [0.1, 0.15) is 0 Å². The molecule has 0 aliphatic heterocycles. The molecule has 23 heavy (non-hydrogen) atoms. The van der Waals surface area contributed by atoms with Crippen LogP contribution in [0.1, 0.15) is 39.9 Å². The van der Waals surface area contributed by atoms with Gasteiger partial charge in [0.05, 0.1) is 10.6 Å². The molecular formula is C19H21ClN2O. The Balaban J connectivity index is 1.66. The lowest BCUT2D eigenvalue weighted by Crippen LogP contribution is -2.25. The number of halogens is 1. The lowest BCUT2D eigenvalue weighted by Gasteiger charge is -2.11. The molecule has 4 heteroatoms. The first kappa shape index (κ1) is 15.9. The summed E-state index contributed by atoms with van der Waals surface area (Å²) in [4.78, 5) is 12.1. The molecule has 0 bridgehead atoms. The molecule has 3 rings (SSSR count). The van der Waals surface area contributed by atoms with E-state index in [1.165, 1.54) is 16.7 Å². The van der Waals surface area contributed by atoms with Gasteiger partial charge in [0, 0.05) is 18.3 Å². The Labute approximate surface area is 142 Å². The zero-order chi connectivity index (χ0) is 16.4. The summed E-state index contributed by atoms with van der Waals surface area (Å²) in [6.07, 6.45) is 2.14. The van der Waals surface area contributed by atoms with Crippen molar-refractivity contribution in [2.45, 2.75) is 39.3 Å². The molecule has 2 aromatic rings. The maximum atomic E-state index is 12.1. The Morgan fingerprint density at radius 2 is 1.83 bits per heavy atom. The number of carbonyl (C=O) groups is 1. The molecule has 2 N–H and O–H groups in total. The summed E-state index contributed by atoms with van der Waals surface area (Å²) < 4.78 is 0. The quantitative estimate of drug-likeness (QED) is 0.850. The van der Waals surface area contributed by atoms with E-state index < -0.39 is 0 Å². The summed E-state index contributed by atoms with van der Waals surface area (Å²) in [6.45, 7) is 4.92. The van der Waals surface area contributed by atoms with E-state index in [1.807, 2.05) is 12.1 Å². The Kier molecular flexibility index (Phi) is 4.58. The van der Waals surface area contributed by atoms with Crippen LogP contribution in [0.2, 0.25) is 5.02 Å². The second kappa shape index (κ2) is 6.63. The summed E-state index contributed by atoms with van der Waals surface area (Å²) in [6, 6.07) is 12.3. The third kappa shape index (κ3) is 4.26. The minimum atomic E-state index is -0.0849. The summed E-state index contributed by atoms with van der Waals surface area (Å²) in [7, 11) is 0. The second-order valence-electron chi connectivity index (χ2n) is 6.29. The predicted molar refractivity (Wildman–Crippen MR) is 95.2 cm³/mol. The molecule has 0 radical (unpaired) electrons. The second-order valence-corrected chi connectivity index (χ2v) is 6.70. The first-order valence-corrected chi connectivity index (χ1v) is 8.30. The number of hydrogen-bond donors (Lipinski definition) is 2. The smallest absolute Gasteiger partial charge is 0.253 e. The Morgan fingerprint density at radius 3 is 2.43 bits per heavy atom. The van der Waals surface area contributed by atoms with Gasteiger partial charge in [-0.15, -0.1) is 0 Å². The van der Waals surface area contributed by atoms with Crippen molar-refractivity contribution in [3.05, 3.63) is 63.7 Å². The Bertz CT molecular complexity index is 718. The molecule has 3 nitrogen and oxygen atoms in total. The fourth-order valence-corrected chi connectivity index (χ4v) is 2.94. The summed E-state index contributed by atoms with van der Waals surface area (Å²) in [5.41, 5.74) is 5.20. The molecule has 1 aliphatic carbocycles. The van der Waals surface area contributed by atoms with Gasteiger partial charge in [-0.2, -0.15) is 0 Å². The van der Waals surface area contributed by atoms with Crippen molar-refractivity contribution in [3.8, 4) is 0 Å². The van der Waals surface area contributed by atoms with E-state index in [-0.39, 0.29) is 5.91 Å². The van der Waals surface area contributed by atoms with Gasteiger partial charge in [0.25, 0.3) is 5.91 Å². The van der Waals surface area contributed by atoms with Gasteiger partial charge in [-0.25, -0.2) is 0 Å². The third-order valence-electron chi connectivity index (χ3n) is 3.90. The molecule has 0 spiro atoms. The van der Waals surface area contributed by atoms with Crippen molar-refractivity contribution in [1.82, 2.24) is 5.32 Å². The zero-order valence-corrected chi connectivity index (χ0v) is 14.2. The van der Waals surface area contributed by atoms with Gasteiger partial charge < -0.3 is 10.6 Å². The molecule has 120 valence electrons. The molecule has 0 unspecified atom stereocenters. The fraction of sp³-hybridized carbons (Fsp3) is 0.316. The highest BCUT2D eigenvalue weighted by atomic mass is 35.5. The Hall–Kier alpha value is -2.00. The molecule has 2 aromatic carbocycles. The van der Waals surface area contributed by atoms with Gasteiger partial charge in [0.15, 0.2) is 0 Å². The first-order chi connectivity index (χ1) is 11.0. The average Bonchev–Trinajstić information content (AvgIpc) is 3.28. The monoisotopic (exact) mass is 328 g/mol. The van der Waals surface area contributed by atoms with E-state index in [4.69, 9.17) is 11.6 Å². The van der Waals surface area contributed by atoms with Crippen LogP contribution < -0.4 is 10.6 Å². The molecule has 1 amide bonds. The normalized spacial score (nSPS) is 13.7. The summed E-state index contributed by atoms with van der Waals surface area (Å²) in [5, 5.41) is 6.80. The molecule has 1 saturated carbocycles. The minimum Gasteiger partial charge on any atom is -0.381 e. The van der Waals surface area contributed by atoms with Gasteiger partial charge in [-0.3, -0.25) is 4.79 Å². The maximum absolute atomic E-state index is 12.1. The van der Waals surface area contributed by atoms with Crippen LogP contribution in [0.15, 0.2) is 36.4 Å². The minimum absolute atomic E-state index is 0.0849. The molecule has 0 saturated heterocycles. The lowest BCUT2D eigenvalue weighted by atomic mass is 10.1. The average molecular weight is 329 g/mol. The first-order valence-electron chi connectivity index (χ1n) is 7.93. The standard InChI is InChI=1S/C19H21ClN2O/c1-12-7-13(2)9-14(8-12)11-21-16-5-6-17(18(20)10-16)19(23)22-15-3-4-15/h5-10,15,21H,3-4,11H2,1-2H3,(H,22,23). The highest BCUT2D eigenvalue weighted by Gasteiger charge is 2.24. The summed E-state index contributed by atoms with van der Waals surface area (Å²) >= 11 is 6.26. The molecular weight excluding hydrogens is 308 g/mol. The maximum Gasteiger partial charge on any atom is 0.253 e. The number of nitrogens with one attached hydrogen (secondary N) is 2. The summed E-state index contributed by atoms with van der Waals surface area (Å²) in [5.74, 6) is -0.0849. The predicted octanol–water partition coefficient (Wildman–Crippen LogP) is 4.46. The van der Waals surface area contributed by atoms with Crippen molar-refractivity contribution in [2.24, 2.45) is 0 Å². The van der Waals surface area contributed by atoms with Crippen LogP contribution in [0.25, 0.3) is 0 Å². The number of aryl methyl sites for hydroxylation is 2. The number of benzene rings is 2. The van der Waals surface area contributed by atoms with Crippen molar-refractivity contribution in [1.29, 1.82) is 0 Å². The van der Waals surface area contributed by atoms with E-state index in [1.54, 1.807) is 6.07 Å². The number of amides is 1. The van der Waals surface area contributed by atoms with Crippen LogP contribution >= 0.6 is 11.6 Å². The molecule has 0 atom stereocenters. The number of anilines is 1. The largest absolute Gasteiger partial charge is 0.381 e. The Morgan fingerprint density at radius 1 is 1.13 bits per heavy atom. The fourth-order valence-electron chi connectivity index (χ4n) is 2.68. The van der Waals surface area contributed by atoms with Crippen molar-refractivity contribution >= 4 is 23.2 Å². The number of rotatable bonds is 5. The van der Waals surface area contributed by atoms with E-state index in [2.05, 4.69) is 42.7 Å².